The molecule has 0 fully saturated rings. The predicted octanol–water partition coefficient (Wildman–Crippen LogP) is 1.20. The van der Waals surface area contributed by atoms with E-state index in [-0.39, 0.29) is 11.8 Å². The van der Waals surface area contributed by atoms with Crippen LogP contribution in [0.1, 0.15) is 31.2 Å². The summed E-state index contributed by atoms with van der Waals surface area (Å²) in [5.41, 5.74) is 0.394. The van der Waals surface area contributed by atoms with Crippen molar-refractivity contribution < 1.29 is 12.9 Å². The van der Waals surface area contributed by atoms with Gasteiger partial charge < -0.3 is 4.52 Å². The number of hydrogen-bond donors (Lipinski definition) is 1. The van der Waals surface area contributed by atoms with Crippen molar-refractivity contribution in [2.75, 3.05) is 0 Å². The molecule has 0 aliphatic carbocycles. The minimum Gasteiger partial charge on any atom is -0.361 e. The van der Waals surface area contributed by atoms with Crippen LogP contribution in [-0.2, 0) is 15.8 Å². The second-order valence-corrected chi connectivity index (χ2v) is 5.57. The molecule has 1 heterocycles. The van der Waals surface area contributed by atoms with Gasteiger partial charge in [-0.3, -0.25) is 0 Å². The van der Waals surface area contributed by atoms with Crippen molar-refractivity contribution in [2.45, 2.75) is 38.5 Å². The minimum atomic E-state index is -3.42. The van der Waals surface area contributed by atoms with Crippen molar-refractivity contribution in [3.63, 3.8) is 0 Å². The highest BCUT2D eigenvalue weighted by Crippen LogP contribution is 2.07. The zero-order valence-corrected chi connectivity index (χ0v) is 10.8. The summed E-state index contributed by atoms with van der Waals surface area (Å²) in [6.45, 7) is 3.59. The van der Waals surface area contributed by atoms with E-state index >= 15 is 0 Å². The third-order valence-electron chi connectivity index (χ3n) is 2.22. The Morgan fingerprint density at radius 3 is 2.82 bits per heavy atom. The van der Waals surface area contributed by atoms with E-state index in [2.05, 4.69) is 15.8 Å². The second-order valence-electron chi connectivity index (χ2n) is 3.82. The first-order valence-electron chi connectivity index (χ1n) is 5.32. The Labute approximate surface area is 102 Å². The van der Waals surface area contributed by atoms with Crippen LogP contribution in [0.2, 0.25) is 0 Å². The van der Waals surface area contributed by atoms with Gasteiger partial charge in [0.05, 0.1) is 0 Å². The Balaban J connectivity index is 2.66. The van der Waals surface area contributed by atoms with Crippen molar-refractivity contribution in [3.8, 4) is 12.3 Å². The van der Waals surface area contributed by atoms with Crippen molar-refractivity contribution in [1.29, 1.82) is 0 Å². The Hall–Kier alpha value is -1.32. The fourth-order valence-electron chi connectivity index (χ4n) is 1.39. The maximum absolute atomic E-state index is 11.8. The zero-order chi connectivity index (χ0) is 12.9. The smallest absolute Gasteiger partial charge is 0.217 e. The number of terminal acetylenes is 1. The summed E-state index contributed by atoms with van der Waals surface area (Å²) in [5.74, 6) is 2.85. The van der Waals surface area contributed by atoms with Gasteiger partial charge in [0.1, 0.15) is 17.2 Å². The Morgan fingerprint density at radius 1 is 1.65 bits per heavy atom. The molecule has 94 valence electrons. The van der Waals surface area contributed by atoms with Gasteiger partial charge in [-0.1, -0.05) is 12.1 Å². The van der Waals surface area contributed by atoms with Crippen LogP contribution in [0.4, 0.5) is 0 Å². The fourth-order valence-corrected chi connectivity index (χ4v) is 2.75. The minimum absolute atomic E-state index is 0.189. The first-order valence-corrected chi connectivity index (χ1v) is 6.97. The molecule has 0 amide bonds. The summed E-state index contributed by atoms with van der Waals surface area (Å²) in [6, 6.07) is 1.37. The molecule has 6 heteroatoms. The number of nitrogens with one attached hydrogen (secondary N) is 1. The van der Waals surface area contributed by atoms with E-state index in [1.807, 2.05) is 6.92 Å². The molecule has 1 aromatic rings. The Morgan fingerprint density at radius 2 is 2.35 bits per heavy atom. The molecule has 17 heavy (non-hydrogen) atoms. The van der Waals surface area contributed by atoms with Gasteiger partial charge in [0.25, 0.3) is 0 Å². The van der Waals surface area contributed by atoms with E-state index < -0.39 is 10.0 Å². The third kappa shape index (κ3) is 4.59. The normalized spacial score (nSPS) is 13.2. The van der Waals surface area contributed by atoms with Gasteiger partial charge in [0.15, 0.2) is 0 Å². The van der Waals surface area contributed by atoms with Crippen LogP contribution in [0.15, 0.2) is 10.6 Å². The largest absolute Gasteiger partial charge is 0.361 e. The molecule has 0 saturated heterocycles. The van der Waals surface area contributed by atoms with E-state index in [1.165, 1.54) is 0 Å². The number of aryl methyl sites for hydroxylation is 1. The number of sulfonamides is 1. The SMILES string of the molecule is C#CCC(CC)NS(=O)(=O)Cc1cc(C)on1. The number of hydrogen-bond acceptors (Lipinski definition) is 4. The summed E-state index contributed by atoms with van der Waals surface area (Å²) in [5, 5.41) is 3.65. The average molecular weight is 256 g/mol. The van der Waals surface area contributed by atoms with E-state index in [0.29, 0.717) is 24.3 Å². The molecule has 1 aromatic heterocycles. The first-order chi connectivity index (χ1) is 7.96. The molecule has 1 N–H and O–H groups in total. The van der Waals surface area contributed by atoms with Crippen LogP contribution in [0.5, 0.6) is 0 Å². The summed E-state index contributed by atoms with van der Waals surface area (Å²) in [6.07, 6.45) is 6.20. The third-order valence-corrected chi connectivity index (χ3v) is 3.59. The molecule has 0 aromatic carbocycles. The van der Waals surface area contributed by atoms with E-state index in [9.17, 15) is 8.42 Å². The monoisotopic (exact) mass is 256 g/mol. The predicted molar refractivity (Wildman–Crippen MR) is 64.5 cm³/mol. The van der Waals surface area contributed by atoms with Crippen LogP contribution in [-0.4, -0.2) is 19.6 Å². The van der Waals surface area contributed by atoms with Crippen molar-refractivity contribution >= 4 is 10.0 Å². The van der Waals surface area contributed by atoms with Crippen LogP contribution in [0.3, 0.4) is 0 Å². The summed E-state index contributed by atoms with van der Waals surface area (Å²) < 4.78 is 30.9. The van der Waals surface area contributed by atoms with Crippen LogP contribution in [0.25, 0.3) is 0 Å². The maximum Gasteiger partial charge on any atom is 0.217 e. The number of aromatic nitrogens is 1. The van der Waals surface area contributed by atoms with Gasteiger partial charge in [-0.15, -0.1) is 12.3 Å². The lowest BCUT2D eigenvalue weighted by atomic mass is 10.2. The quantitative estimate of drug-likeness (QED) is 0.776. The van der Waals surface area contributed by atoms with Crippen molar-refractivity contribution in [1.82, 2.24) is 9.88 Å². The lowest BCUT2D eigenvalue weighted by Gasteiger charge is -2.13. The van der Waals surface area contributed by atoms with Crippen LogP contribution in [0, 0.1) is 19.3 Å². The second kappa shape index (κ2) is 5.84. The molecular weight excluding hydrogens is 240 g/mol. The Kier molecular flexibility index (Phi) is 4.73. The van der Waals surface area contributed by atoms with Gasteiger partial charge in [-0.25, -0.2) is 13.1 Å². The molecule has 0 bridgehead atoms. The van der Waals surface area contributed by atoms with Gasteiger partial charge in [-0.05, 0) is 13.3 Å². The molecule has 1 atom stereocenters. The molecule has 0 saturated carbocycles. The van der Waals surface area contributed by atoms with E-state index in [0.717, 1.165) is 0 Å². The average Bonchev–Trinajstić information content (AvgIpc) is 2.62. The molecule has 0 aliphatic rings. The molecule has 0 spiro atoms. The molecule has 1 unspecified atom stereocenters. The molecule has 5 nitrogen and oxygen atoms in total. The van der Waals surface area contributed by atoms with Crippen LogP contribution >= 0.6 is 0 Å². The lowest BCUT2D eigenvalue weighted by molar-refractivity contribution is 0.392. The van der Waals surface area contributed by atoms with Crippen LogP contribution < -0.4 is 4.72 Å². The van der Waals surface area contributed by atoms with Gasteiger partial charge in [-0.2, -0.15) is 0 Å². The molecular formula is C11H16N2O3S. The lowest BCUT2D eigenvalue weighted by Crippen LogP contribution is -2.35. The van der Waals surface area contributed by atoms with Gasteiger partial charge in [0, 0.05) is 18.5 Å². The topological polar surface area (TPSA) is 72.2 Å². The molecule has 0 radical (unpaired) electrons. The van der Waals surface area contributed by atoms with E-state index in [1.54, 1.807) is 13.0 Å². The highest BCUT2D eigenvalue weighted by atomic mass is 32.2. The fraction of sp³-hybridized carbons (Fsp3) is 0.545. The van der Waals surface area contributed by atoms with Gasteiger partial charge >= 0.3 is 0 Å². The maximum atomic E-state index is 11.8. The highest BCUT2D eigenvalue weighted by molar-refractivity contribution is 7.88. The molecule has 1 rings (SSSR count). The molecule has 0 aliphatic heterocycles. The zero-order valence-electron chi connectivity index (χ0n) is 9.93. The highest BCUT2D eigenvalue weighted by Gasteiger charge is 2.18. The van der Waals surface area contributed by atoms with Gasteiger partial charge in [0.2, 0.25) is 10.0 Å². The Bertz CT molecular complexity index is 499. The summed E-state index contributed by atoms with van der Waals surface area (Å²) in [7, 11) is -3.42. The van der Waals surface area contributed by atoms with Crippen molar-refractivity contribution in [3.05, 3.63) is 17.5 Å². The van der Waals surface area contributed by atoms with E-state index in [4.69, 9.17) is 10.9 Å². The standard InChI is InChI=1S/C11H16N2O3S/c1-4-6-10(5-2)13-17(14,15)8-11-7-9(3)16-12-11/h1,7,10,13H,5-6,8H2,2-3H3. The first kappa shape index (κ1) is 13.7. The summed E-state index contributed by atoms with van der Waals surface area (Å²) in [4.78, 5) is 0. The summed E-state index contributed by atoms with van der Waals surface area (Å²) >= 11 is 0. The van der Waals surface area contributed by atoms with Crippen molar-refractivity contribution in [2.24, 2.45) is 0 Å². The number of nitrogens with zero attached hydrogens (tertiary/aromatic N) is 1. The number of rotatable bonds is 6.